The summed E-state index contributed by atoms with van der Waals surface area (Å²) in [7, 11) is 1.68. The van der Waals surface area contributed by atoms with E-state index >= 15 is 0 Å². The third-order valence-electron chi connectivity index (χ3n) is 8.06. The van der Waals surface area contributed by atoms with E-state index in [2.05, 4.69) is 46.3 Å². The number of carbonyl (C=O) groups is 1. The predicted molar refractivity (Wildman–Crippen MR) is 145 cm³/mol. The Morgan fingerprint density at radius 1 is 1.05 bits per heavy atom. The third-order valence-corrected chi connectivity index (χ3v) is 8.06. The van der Waals surface area contributed by atoms with E-state index in [4.69, 9.17) is 14.1 Å². The van der Waals surface area contributed by atoms with Crippen LogP contribution in [-0.4, -0.2) is 35.5 Å². The Bertz CT molecular complexity index is 1620. The first kappa shape index (κ1) is 22.3. The van der Waals surface area contributed by atoms with E-state index < -0.39 is 5.41 Å². The van der Waals surface area contributed by atoms with E-state index in [1.165, 1.54) is 0 Å². The minimum atomic E-state index is -0.396. The normalized spacial score (nSPS) is 19.6. The van der Waals surface area contributed by atoms with Crippen LogP contribution in [0.25, 0.3) is 44.5 Å². The summed E-state index contributed by atoms with van der Waals surface area (Å²) >= 11 is 0. The van der Waals surface area contributed by atoms with E-state index in [0.717, 1.165) is 82.6 Å². The van der Waals surface area contributed by atoms with E-state index in [-0.39, 0.29) is 5.92 Å². The zero-order chi connectivity index (χ0) is 25.0. The number of nitrogens with zero attached hydrogens (tertiary/aromatic N) is 2. The topological polar surface area (TPSA) is 69.3 Å². The Kier molecular flexibility index (Phi) is 5.18. The van der Waals surface area contributed by atoms with Crippen molar-refractivity contribution in [1.29, 1.82) is 0 Å². The van der Waals surface area contributed by atoms with Crippen molar-refractivity contribution in [2.24, 2.45) is 11.3 Å². The summed E-state index contributed by atoms with van der Waals surface area (Å²) in [6.07, 6.45) is 4.63. The molecular formula is C31H29N3O3. The summed E-state index contributed by atoms with van der Waals surface area (Å²) in [6, 6.07) is 22.8. The smallest absolute Gasteiger partial charge is 0.145 e. The van der Waals surface area contributed by atoms with Crippen molar-refractivity contribution in [1.82, 2.24) is 14.9 Å². The molecule has 1 aliphatic heterocycles. The molecule has 7 rings (SSSR count). The van der Waals surface area contributed by atoms with Gasteiger partial charge in [0.15, 0.2) is 0 Å². The highest BCUT2D eigenvalue weighted by Gasteiger charge is 2.48. The van der Waals surface area contributed by atoms with Crippen LogP contribution in [0.3, 0.4) is 0 Å². The van der Waals surface area contributed by atoms with Gasteiger partial charge < -0.3 is 19.0 Å². The Morgan fingerprint density at radius 3 is 2.62 bits per heavy atom. The maximum Gasteiger partial charge on any atom is 0.145 e. The zero-order valence-electron chi connectivity index (χ0n) is 20.9. The van der Waals surface area contributed by atoms with Gasteiger partial charge in [-0.25, -0.2) is 4.98 Å². The van der Waals surface area contributed by atoms with Crippen LogP contribution < -0.4 is 10.1 Å². The number of imidazole rings is 1. The van der Waals surface area contributed by atoms with E-state index in [9.17, 15) is 4.79 Å². The first-order valence-corrected chi connectivity index (χ1v) is 13.0. The number of rotatable bonds is 7. The number of benzene rings is 3. The number of Topliss-reactive ketones (excluding diaryl/α,β-unsaturated/α-hetero) is 1. The molecule has 1 saturated heterocycles. The van der Waals surface area contributed by atoms with Crippen LogP contribution >= 0.6 is 0 Å². The summed E-state index contributed by atoms with van der Waals surface area (Å²) < 4.78 is 13.3. The second-order valence-corrected chi connectivity index (χ2v) is 10.5. The fraction of sp³-hybridized carbons (Fsp3) is 0.290. The molecule has 0 bridgehead atoms. The number of hydrogen-bond donors (Lipinski definition) is 1. The van der Waals surface area contributed by atoms with Crippen molar-refractivity contribution in [2.45, 2.75) is 25.8 Å². The van der Waals surface area contributed by atoms with Gasteiger partial charge >= 0.3 is 0 Å². The average Bonchev–Trinajstić information content (AvgIpc) is 3.33. The Morgan fingerprint density at radius 2 is 1.86 bits per heavy atom. The van der Waals surface area contributed by atoms with E-state index in [1.807, 2.05) is 30.3 Å². The van der Waals surface area contributed by atoms with Crippen LogP contribution in [-0.2, 0) is 11.3 Å². The molecule has 2 fully saturated rings. The molecule has 0 spiro atoms. The van der Waals surface area contributed by atoms with Gasteiger partial charge in [0.1, 0.15) is 22.9 Å². The number of furan rings is 1. The molecule has 6 nitrogen and oxygen atoms in total. The molecule has 0 radical (unpaired) electrons. The van der Waals surface area contributed by atoms with Crippen LogP contribution in [0.1, 0.15) is 19.3 Å². The number of nitrogens with one attached hydrogen (secondary N) is 1. The second-order valence-electron chi connectivity index (χ2n) is 10.5. The molecule has 2 aliphatic rings. The van der Waals surface area contributed by atoms with Gasteiger partial charge in [-0.05, 0) is 67.3 Å². The third kappa shape index (κ3) is 3.83. The number of ketones is 1. The van der Waals surface area contributed by atoms with Crippen LogP contribution in [0, 0.1) is 11.3 Å². The van der Waals surface area contributed by atoms with Gasteiger partial charge in [-0.1, -0.05) is 30.3 Å². The van der Waals surface area contributed by atoms with Crippen LogP contribution in [0.15, 0.2) is 77.4 Å². The second kappa shape index (κ2) is 8.60. The molecule has 5 aromatic rings. The first-order chi connectivity index (χ1) is 18.1. The lowest BCUT2D eigenvalue weighted by Crippen LogP contribution is -2.39. The van der Waals surface area contributed by atoms with Gasteiger partial charge in [0, 0.05) is 36.0 Å². The lowest BCUT2D eigenvalue weighted by Gasteiger charge is -2.28. The van der Waals surface area contributed by atoms with Crippen molar-refractivity contribution in [3.05, 3.63) is 73.0 Å². The van der Waals surface area contributed by atoms with Crippen LogP contribution in [0.4, 0.5) is 0 Å². The molecule has 2 aromatic heterocycles. The van der Waals surface area contributed by atoms with Gasteiger partial charge in [-0.2, -0.15) is 0 Å². The number of fused-ring (bicyclic) bond motifs is 2. The highest BCUT2D eigenvalue weighted by Crippen LogP contribution is 2.42. The average molecular weight is 492 g/mol. The monoisotopic (exact) mass is 491 g/mol. The highest BCUT2D eigenvalue weighted by molar-refractivity contribution is 5.90. The van der Waals surface area contributed by atoms with Crippen molar-refractivity contribution in [3.8, 4) is 28.3 Å². The number of carbonyl (C=O) groups excluding carboxylic acids is 1. The van der Waals surface area contributed by atoms with Gasteiger partial charge in [-0.15, -0.1) is 0 Å². The Balaban J connectivity index is 1.31. The van der Waals surface area contributed by atoms with Crippen molar-refractivity contribution in [3.63, 3.8) is 0 Å². The fourth-order valence-corrected chi connectivity index (χ4v) is 5.82. The highest BCUT2D eigenvalue weighted by atomic mass is 16.5. The molecule has 1 aliphatic carbocycles. The molecule has 37 heavy (non-hydrogen) atoms. The SMILES string of the molecule is COc1ccc2nc(-c3ccc(-c4ccc5occc5c4)cc3)n(C[C@]3(C(=O)C4CC4)CCNC3)c2c1. The largest absolute Gasteiger partial charge is 0.497 e. The predicted octanol–water partition coefficient (Wildman–Crippen LogP) is 6.08. The van der Waals surface area contributed by atoms with E-state index in [0.29, 0.717) is 12.3 Å². The molecule has 1 atom stereocenters. The first-order valence-electron chi connectivity index (χ1n) is 13.0. The van der Waals surface area contributed by atoms with Gasteiger partial charge in [0.2, 0.25) is 0 Å². The van der Waals surface area contributed by atoms with Gasteiger partial charge in [0.25, 0.3) is 0 Å². The van der Waals surface area contributed by atoms with Gasteiger partial charge in [0.05, 0.1) is 29.8 Å². The Hall–Kier alpha value is -3.90. The Labute approximate surface area is 215 Å². The zero-order valence-corrected chi connectivity index (χ0v) is 20.9. The summed E-state index contributed by atoms with van der Waals surface area (Å²) in [5, 5.41) is 4.56. The molecule has 6 heteroatoms. The van der Waals surface area contributed by atoms with Crippen molar-refractivity contribution in [2.75, 3.05) is 20.2 Å². The lowest BCUT2D eigenvalue weighted by atomic mass is 9.80. The minimum absolute atomic E-state index is 0.222. The fourth-order valence-electron chi connectivity index (χ4n) is 5.82. The summed E-state index contributed by atoms with van der Waals surface area (Å²) in [6.45, 7) is 2.22. The molecule has 0 unspecified atom stereocenters. The molecule has 1 saturated carbocycles. The molecule has 3 aromatic carbocycles. The number of hydrogen-bond acceptors (Lipinski definition) is 5. The number of aromatic nitrogens is 2. The van der Waals surface area contributed by atoms with Crippen molar-refractivity contribution >= 4 is 27.8 Å². The summed E-state index contributed by atoms with van der Waals surface area (Å²) in [4.78, 5) is 18.6. The minimum Gasteiger partial charge on any atom is -0.497 e. The van der Waals surface area contributed by atoms with E-state index in [1.54, 1.807) is 13.4 Å². The molecule has 0 amide bonds. The van der Waals surface area contributed by atoms with Gasteiger partial charge in [-0.3, -0.25) is 4.79 Å². The number of methoxy groups -OCH3 is 1. The van der Waals surface area contributed by atoms with Crippen molar-refractivity contribution < 1.29 is 13.9 Å². The standard InChI is InChI=1S/C31H29N3O3/c1-36-25-9-10-26-27(17-25)34(19-31(13-14-32-18-31)29(35)21-4-5-21)30(33-26)22-6-2-20(3-7-22)23-8-11-28-24(16-23)12-15-37-28/h2-3,6-12,15-17,21,32H,4-5,13-14,18-19H2,1H3/t31-/m0/s1. The van der Waals surface area contributed by atoms with Crippen LogP contribution in [0.2, 0.25) is 0 Å². The maximum atomic E-state index is 13.5. The maximum absolute atomic E-state index is 13.5. The molecule has 3 heterocycles. The molecular weight excluding hydrogens is 462 g/mol. The quantitative estimate of drug-likeness (QED) is 0.299. The number of ether oxygens (including phenoxy) is 1. The summed E-state index contributed by atoms with van der Waals surface area (Å²) in [5.74, 6) is 2.31. The molecule has 186 valence electrons. The summed E-state index contributed by atoms with van der Waals surface area (Å²) in [5.41, 5.74) is 5.71. The lowest BCUT2D eigenvalue weighted by molar-refractivity contribution is -0.129. The van der Waals surface area contributed by atoms with Crippen LogP contribution in [0.5, 0.6) is 5.75 Å². The molecule has 1 N–H and O–H groups in total.